The molecule has 13 rings (SSSR count). The zero-order valence-corrected chi connectivity index (χ0v) is 64.5. The molecule has 0 atom stereocenters. The molecule has 6 aromatic carbocycles. The highest BCUT2D eigenvalue weighted by Gasteiger charge is 2.85. The Balaban J connectivity index is 0.826. The maximum atomic E-state index is 18.7. The fourth-order valence-corrected chi connectivity index (χ4v) is 19.8. The summed E-state index contributed by atoms with van der Waals surface area (Å²) in [6.07, 6.45) is 12.6. The second-order valence-corrected chi connectivity index (χ2v) is 33.0. The van der Waals surface area contributed by atoms with E-state index in [1.165, 1.54) is 86.2 Å². The molecular weight excluding hydrogens is 1450 g/mol. The average molecular weight is 1540 g/mol. The molecule has 0 spiro atoms. The standard InChI is InChI=1S/C85H86F8N4O2S6/c1-5-9-13-17-19-23-51-98-59-31-25-55(26-32-59)69-41-45-73(100-69)63-37-39-65(79-77(63)94-104-96-79)75-47-43-71(102-75)57-29-35-61-62-36-30-58(54-68(62)83(67(61)53-57,84(90,91)81(86,87)49-21-15-11-7-3)85(92,93)82(88,89)50-22-16-12-8-4)72-44-48-76(103-72)66-40-38-64(78-80(66)97-105-95-78)74-46-42-70(101-74)56-27-33-60(34-28-56)99-52-24-20-18-14-10-6-2/h25-48,53-54H,5-24,49-52H2,1-4H3. The number of rotatable bonds is 38. The lowest BCUT2D eigenvalue weighted by atomic mass is 9.63. The van der Waals surface area contributed by atoms with Crippen molar-refractivity contribution in [3.8, 4) is 106 Å². The van der Waals surface area contributed by atoms with Crippen molar-refractivity contribution < 1.29 is 44.6 Å². The van der Waals surface area contributed by atoms with E-state index in [-0.39, 0.29) is 35.1 Å². The van der Waals surface area contributed by atoms with Gasteiger partial charge in [-0.05, 0) is 179 Å². The van der Waals surface area contributed by atoms with Crippen molar-refractivity contribution in [2.75, 3.05) is 13.2 Å². The van der Waals surface area contributed by atoms with Crippen LogP contribution in [0.15, 0.2) is 158 Å². The van der Waals surface area contributed by atoms with E-state index >= 15 is 35.1 Å². The summed E-state index contributed by atoms with van der Waals surface area (Å²) >= 11 is 7.75. The van der Waals surface area contributed by atoms with Crippen molar-refractivity contribution in [1.82, 2.24) is 17.5 Å². The molecule has 0 fully saturated rings. The van der Waals surface area contributed by atoms with E-state index in [2.05, 4.69) is 62.4 Å². The number of fused-ring (bicyclic) bond motifs is 5. The number of unbranched alkanes of at least 4 members (excludes halogenated alkanes) is 16. The van der Waals surface area contributed by atoms with Crippen LogP contribution in [0.5, 0.6) is 11.5 Å². The van der Waals surface area contributed by atoms with Gasteiger partial charge >= 0.3 is 23.7 Å². The van der Waals surface area contributed by atoms with Crippen molar-refractivity contribution >= 4 is 90.9 Å². The van der Waals surface area contributed by atoms with Gasteiger partial charge in [0.05, 0.1) is 36.7 Å². The maximum Gasteiger partial charge on any atom is 0.329 e. The van der Waals surface area contributed by atoms with E-state index in [1.54, 1.807) is 59.1 Å². The van der Waals surface area contributed by atoms with Crippen LogP contribution in [0.4, 0.5) is 35.1 Å². The minimum absolute atomic E-state index is 0.111. The molecule has 105 heavy (non-hydrogen) atoms. The van der Waals surface area contributed by atoms with Gasteiger partial charge in [-0.15, -0.1) is 45.3 Å². The van der Waals surface area contributed by atoms with Gasteiger partial charge < -0.3 is 9.47 Å². The van der Waals surface area contributed by atoms with Gasteiger partial charge in [-0.2, -0.15) is 52.6 Å². The van der Waals surface area contributed by atoms with Crippen LogP contribution >= 0.6 is 68.8 Å². The Kier molecular flexibility index (Phi) is 24.3. The van der Waals surface area contributed by atoms with Gasteiger partial charge in [0.2, 0.25) is 0 Å². The van der Waals surface area contributed by atoms with Gasteiger partial charge in [0.1, 0.15) is 33.6 Å². The number of hydrogen-bond donors (Lipinski definition) is 0. The molecule has 1 aliphatic rings. The number of hydrogen-bond acceptors (Lipinski definition) is 12. The second-order valence-electron chi connectivity index (χ2n) is 27.6. The number of nitrogens with zero attached hydrogens (tertiary/aromatic N) is 4. The first-order valence-electron chi connectivity index (χ1n) is 37.1. The van der Waals surface area contributed by atoms with E-state index in [0.29, 0.717) is 91.6 Å². The number of thiophene rings is 4. The van der Waals surface area contributed by atoms with Crippen LogP contribution in [-0.2, 0) is 5.41 Å². The molecule has 0 unspecified atom stereocenters. The Bertz CT molecular complexity index is 4570. The molecule has 0 radical (unpaired) electrons. The number of ether oxygens (including phenoxy) is 2. The van der Waals surface area contributed by atoms with Crippen LogP contribution in [-0.4, -0.2) is 54.4 Å². The van der Waals surface area contributed by atoms with Crippen LogP contribution in [0.1, 0.15) is 180 Å². The fourth-order valence-electron chi connectivity index (χ4n) is 14.6. The van der Waals surface area contributed by atoms with Crippen molar-refractivity contribution in [3.05, 3.63) is 169 Å². The van der Waals surface area contributed by atoms with Crippen LogP contribution in [0, 0.1) is 0 Å². The van der Waals surface area contributed by atoms with E-state index in [1.807, 2.05) is 62.4 Å². The number of aromatic nitrogens is 4. The van der Waals surface area contributed by atoms with Crippen molar-refractivity contribution in [2.24, 2.45) is 0 Å². The normalized spacial score (nSPS) is 13.2. The molecule has 12 aromatic rings. The molecule has 6 heterocycles. The third-order valence-corrected chi connectivity index (χ3v) is 26.1. The molecule has 6 aromatic heterocycles. The summed E-state index contributed by atoms with van der Waals surface area (Å²) in [7, 11) is 0. The molecule has 0 bridgehead atoms. The summed E-state index contributed by atoms with van der Waals surface area (Å²) in [6.45, 7) is 9.43. The Morgan fingerprint density at radius 3 is 0.886 bits per heavy atom. The second kappa shape index (κ2) is 33.5. The van der Waals surface area contributed by atoms with Gasteiger partial charge in [-0.1, -0.05) is 179 Å². The van der Waals surface area contributed by atoms with E-state index in [4.69, 9.17) is 27.0 Å². The largest absolute Gasteiger partial charge is 0.494 e. The van der Waals surface area contributed by atoms with E-state index < -0.39 is 65.9 Å². The predicted octanol–water partition coefficient (Wildman–Crippen LogP) is 29.5. The van der Waals surface area contributed by atoms with Crippen molar-refractivity contribution in [1.29, 1.82) is 0 Å². The lowest BCUT2D eigenvalue weighted by Crippen LogP contribution is -2.69. The Labute approximate surface area is 634 Å². The highest BCUT2D eigenvalue weighted by atomic mass is 32.1. The Morgan fingerprint density at radius 1 is 0.295 bits per heavy atom. The minimum Gasteiger partial charge on any atom is -0.494 e. The molecule has 1 aliphatic carbocycles. The van der Waals surface area contributed by atoms with Gasteiger partial charge in [-0.25, -0.2) is 0 Å². The van der Waals surface area contributed by atoms with Crippen molar-refractivity contribution in [2.45, 2.75) is 198 Å². The summed E-state index contributed by atoms with van der Waals surface area (Å²) in [4.78, 5) is 6.18. The maximum absolute atomic E-state index is 18.7. The van der Waals surface area contributed by atoms with Gasteiger partial charge in [0.15, 0.2) is 5.41 Å². The summed E-state index contributed by atoms with van der Waals surface area (Å²) in [5.74, 6) is -20.4. The lowest BCUT2D eigenvalue weighted by molar-refractivity contribution is -0.324. The molecule has 0 saturated carbocycles. The first-order valence-corrected chi connectivity index (χ1v) is 41.9. The summed E-state index contributed by atoms with van der Waals surface area (Å²) in [6, 6.07) is 47.2. The first kappa shape index (κ1) is 76.0. The average Bonchev–Trinajstić information content (AvgIpc) is 1.55. The molecule has 550 valence electrons. The third-order valence-electron chi connectivity index (χ3n) is 20.4. The molecule has 6 nitrogen and oxygen atoms in total. The Hall–Kier alpha value is -7.20. The lowest BCUT2D eigenvalue weighted by Gasteiger charge is -2.49. The number of halogens is 8. The SMILES string of the molecule is CCCCCCCCOc1ccc(-c2ccc(-c3ccc(-c4ccc(-c5ccc6c(c5)C(C(F)(F)C(F)(F)CCCCCC)(C(F)(F)C(F)(F)CCCCCC)c5cc(-c7ccc(-c8ccc(-c9ccc(-c%10ccc(OCCCCCCCC)cc%10)s9)c9nsnc89)s7)ccc5-6)s4)c4nsnc34)s2)cc1. The van der Waals surface area contributed by atoms with E-state index in [9.17, 15) is 0 Å². The Morgan fingerprint density at radius 2 is 0.562 bits per heavy atom. The van der Waals surface area contributed by atoms with E-state index in [0.717, 1.165) is 115 Å². The molecule has 20 heteroatoms. The summed E-state index contributed by atoms with van der Waals surface area (Å²) in [5, 5.41) is 0. The summed E-state index contributed by atoms with van der Waals surface area (Å²) in [5.41, 5.74) is 0.879. The first-order chi connectivity index (χ1) is 50.9. The van der Waals surface area contributed by atoms with Crippen LogP contribution in [0.25, 0.3) is 117 Å². The molecule has 0 saturated heterocycles. The monoisotopic (exact) mass is 1540 g/mol. The molecule has 0 aliphatic heterocycles. The highest BCUT2D eigenvalue weighted by Crippen LogP contribution is 2.70. The zero-order chi connectivity index (χ0) is 73.4. The fraction of sp³-hybridized carbons (Fsp3) is 0.388. The van der Waals surface area contributed by atoms with Crippen LogP contribution in [0.3, 0.4) is 0 Å². The summed E-state index contributed by atoms with van der Waals surface area (Å²) < 4.78 is 176. The number of benzene rings is 6. The highest BCUT2D eigenvalue weighted by molar-refractivity contribution is 7.20. The van der Waals surface area contributed by atoms with Crippen molar-refractivity contribution in [3.63, 3.8) is 0 Å². The van der Waals surface area contributed by atoms with Gasteiger partial charge in [-0.3, -0.25) is 0 Å². The quantitative estimate of drug-likeness (QED) is 0.0284. The van der Waals surface area contributed by atoms with Crippen LogP contribution in [0.2, 0.25) is 0 Å². The number of alkyl halides is 8. The zero-order valence-electron chi connectivity index (χ0n) is 59.6. The van der Waals surface area contributed by atoms with Gasteiger partial charge in [0.25, 0.3) is 0 Å². The molecular formula is C85H86F8N4O2S6. The predicted molar refractivity (Wildman–Crippen MR) is 425 cm³/mol. The molecule has 0 amide bonds. The third kappa shape index (κ3) is 15.5. The smallest absolute Gasteiger partial charge is 0.329 e. The minimum atomic E-state index is -5.80. The van der Waals surface area contributed by atoms with Gasteiger partial charge in [0, 0.05) is 74.1 Å². The van der Waals surface area contributed by atoms with Crippen LogP contribution < -0.4 is 9.47 Å². The molecule has 0 N–H and O–H groups in total. The topological polar surface area (TPSA) is 70.0 Å².